The summed E-state index contributed by atoms with van der Waals surface area (Å²) in [5, 5.41) is 0. The number of benzene rings is 3. The second-order valence-corrected chi connectivity index (χ2v) is 7.42. The topological polar surface area (TPSA) is 63.2 Å². The Morgan fingerprint density at radius 1 is 0.939 bits per heavy atom. The van der Waals surface area contributed by atoms with Crippen molar-refractivity contribution in [3.8, 4) is 28.7 Å². The van der Waals surface area contributed by atoms with Crippen LogP contribution in [0.15, 0.2) is 54.3 Å². The molecule has 170 valence electrons. The van der Waals surface area contributed by atoms with Gasteiger partial charge in [-0.1, -0.05) is 12.1 Å². The minimum Gasteiger partial charge on any atom is -0.496 e. The first-order valence-electron chi connectivity index (χ1n) is 10.2. The van der Waals surface area contributed by atoms with Crippen molar-refractivity contribution in [2.24, 2.45) is 0 Å². The van der Waals surface area contributed by atoms with E-state index >= 15 is 0 Å². The lowest BCUT2D eigenvalue weighted by Gasteiger charge is -2.12. The summed E-state index contributed by atoms with van der Waals surface area (Å²) in [6.45, 7) is 2.00. The molecule has 0 unspecified atom stereocenters. The van der Waals surface area contributed by atoms with Gasteiger partial charge >= 0.3 is 0 Å². The largest absolute Gasteiger partial charge is 0.496 e. The summed E-state index contributed by atoms with van der Waals surface area (Å²) in [4.78, 5) is 13.1. The molecule has 0 saturated heterocycles. The smallest absolute Gasteiger partial charge is 0.232 e. The average molecular weight is 450 g/mol. The molecule has 1 aliphatic rings. The van der Waals surface area contributed by atoms with Crippen LogP contribution in [0.3, 0.4) is 0 Å². The second-order valence-electron chi connectivity index (χ2n) is 7.42. The summed E-state index contributed by atoms with van der Waals surface area (Å²) in [6.07, 6.45) is 1.61. The van der Waals surface area contributed by atoms with Crippen molar-refractivity contribution in [2.45, 2.75) is 13.5 Å². The molecule has 1 heterocycles. The lowest BCUT2D eigenvalue weighted by Crippen LogP contribution is -2.01. The Balaban J connectivity index is 1.62. The van der Waals surface area contributed by atoms with E-state index in [9.17, 15) is 9.18 Å². The number of methoxy groups -OCH3 is 3. The fourth-order valence-corrected chi connectivity index (χ4v) is 3.66. The number of Topliss-reactive ketones (excluding diaryl/α,β-unsaturated/α-hetero) is 1. The fourth-order valence-electron chi connectivity index (χ4n) is 3.66. The average Bonchev–Trinajstić information content (AvgIpc) is 3.12. The predicted molar refractivity (Wildman–Crippen MR) is 121 cm³/mol. The van der Waals surface area contributed by atoms with Crippen LogP contribution in [0, 0.1) is 12.7 Å². The second kappa shape index (κ2) is 9.24. The zero-order valence-corrected chi connectivity index (χ0v) is 18.7. The van der Waals surface area contributed by atoms with E-state index < -0.39 is 0 Å². The number of rotatable bonds is 7. The Morgan fingerprint density at radius 2 is 1.67 bits per heavy atom. The van der Waals surface area contributed by atoms with Crippen molar-refractivity contribution in [2.75, 3.05) is 21.3 Å². The van der Waals surface area contributed by atoms with Crippen LogP contribution in [0.4, 0.5) is 4.39 Å². The molecule has 0 radical (unpaired) electrons. The minimum atomic E-state index is -0.324. The number of halogens is 1. The van der Waals surface area contributed by atoms with Gasteiger partial charge < -0.3 is 23.7 Å². The van der Waals surface area contributed by atoms with Crippen LogP contribution in [0.25, 0.3) is 6.08 Å². The van der Waals surface area contributed by atoms with E-state index in [0.717, 1.165) is 5.56 Å². The minimum absolute atomic E-state index is 0.154. The van der Waals surface area contributed by atoms with Gasteiger partial charge in [-0.25, -0.2) is 4.39 Å². The van der Waals surface area contributed by atoms with Crippen LogP contribution in [0.2, 0.25) is 0 Å². The molecule has 0 amide bonds. The molecule has 0 aliphatic carbocycles. The Hall–Kier alpha value is -4.00. The lowest BCUT2D eigenvalue weighted by molar-refractivity contribution is 0.101. The molecule has 3 aromatic rings. The molecule has 0 N–H and O–H groups in total. The Labute approximate surface area is 191 Å². The summed E-state index contributed by atoms with van der Waals surface area (Å²) >= 11 is 0. The monoisotopic (exact) mass is 450 g/mol. The van der Waals surface area contributed by atoms with Crippen molar-refractivity contribution < 1.29 is 32.9 Å². The number of carbonyl (C=O) groups is 1. The molecule has 0 fully saturated rings. The molecule has 0 bridgehead atoms. The van der Waals surface area contributed by atoms with Gasteiger partial charge in [-0.05, 0) is 48.4 Å². The maximum Gasteiger partial charge on any atom is 0.232 e. The molecule has 6 nitrogen and oxygen atoms in total. The van der Waals surface area contributed by atoms with Crippen LogP contribution < -0.4 is 23.7 Å². The SMILES string of the molecule is COc1cc(OC)c(OC)cc1/C=C1\Oc2cc(OCc3cccc(F)c3)cc(C)c2C1=O. The van der Waals surface area contributed by atoms with Crippen LogP contribution >= 0.6 is 0 Å². The van der Waals surface area contributed by atoms with Crippen LogP contribution in [-0.4, -0.2) is 27.1 Å². The van der Waals surface area contributed by atoms with Gasteiger partial charge in [0.1, 0.15) is 29.7 Å². The third kappa shape index (κ3) is 4.48. The Bertz CT molecular complexity index is 1250. The quantitative estimate of drug-likeness (QED) is 0.452. The summed E-state index contributed by atoms with van der Waals surface area (Å²) in [5.74, 6) is 2.02. The molecule has 33 heavy (non-hydrogen) atoms. The van der Waals surface area contributed by atoms with Gasteiger partial charge in [0, 0.05) is 17.7 Å². The van der Waals surface area contributed by atoms with E-state index in [2.05, 4.69) is 0 Å². The molecule has 3 aromatic carbocycles. The van der Waals surface area contributed by atoms with E-state index in [1.165, 1.54) is 33.5 Å². The number of ether oxygens (including phenoxy) is 5. The zero-order valence-electron chi connectivity index (χ0n) is 18.7. The Kier molecular flexibility index (Phi) is 6.22. The van der Waals surface area contributed by atoms with E-state index in [1.54, 1.807) is 42.5 Å². The molecule has 0 saturated carbocycles. The van der Waals surface area contributed by atoms with E-state index in [1.807, 2.05) is 6.92 Å². The molecular formula is C26H23FO6. The van der Waals surface area contributed by atoms with Crippen molar-refractivity contribution >= 4 is 11.9 Å². The molecule has 7 heteroatoms. The zero-order chi connectivity index (χ0) is 23.5. The van der Waals surface area contributed by atoms with Gasteiger partial charge in [0.2, 0.25) is 5.78 Å². The summed E-state index contributed by atoms with van der Waals surface area (Å²) in [6, 6.07) is 13.0. The van der Waals surface area contributed by atoms with Crippen molar-refractivity contribution in [1.82, 2.24) is 0 Å². The maximum atomic E-state index is 13.4. The first-order valence-corrected chi connectivity index (χ1v) is 10.2. The molecule has 4 rings (SSSR count). The lowest BCUT2D eigenvalue weighted by atomic mass is 10.0. The first kappa shape index (κ1) is 22.2. The van der Waals surface area contributed by atoms with Crippen molar-refractivity contribution in [3.63, 3.8) is 0 Å². The highest BCUT2D eigenvalue weighted by Crippen LogP contribution is 2.40. The Morgan fingerprint density at radius 3 is 2.36 bits per heavy atom. The number of fused-ring (bicyclic) bond motifs is 1. The first-order chi connectivity index (χ1) is 15.9. The fraction of sp³-hybridized carbons (Fsp3) is 0.192. The third-order valence-electron chi connectivity index (χ3n) is 5.26. The van der Waals surface area contributed by atoms with Gasteiger partial charge in [0.05, 0.1) is 26.9 Å². The number of ketones is 1. The van der Waals surface area contributed by atoms with Crippen molar-refractivity contribution in [3.05, 3.63) is 82.4 Å². The number of hydrogen-bond acceptors (Lipinski definition) is 6. The predicted octanol–water partition coefficient (Wildman–Crippen LogP) is 5.36. The number of aryl methyl sites for hydroxylation is 1. The number of allylic oxidation sites excluding steroid dienone is 1. The van der Waals surface area contributed by atoms with Crippen molar-refractivity contribution in [1.29, 1.82) is 0 Å². The number of carbonyl (C=O) groups excluding carboxylic acids is 1. The molecule has 0 spiro atoms. The normalized spacial score (nSPS) is 13.5. The molecule has 1 aliphatic heterocycles. The van der Waals surface area contributed by atoms with Gasteiger partial charge in [-0.3, -0.25) is 4.79 Å². The van der Waals surface area contributed by atoms with E-state index in [-0.39, 0.29) is 24.0 Å². The highest BCUT2D eigenvalue weighted by Gasteiger charge is 2.30. The summed E-state index contributed by atoms with van der Waals surface area (Å²) in [7, 11) is 4.59. The van der Waals surface area contributed by atoms with Gasteiger partial charge in [0.25, 0.3) is 0 Å². The molecule has 0 atom stereocenters. The maximum absolute atomic E-state index is 13.4. The standard InChI is InChI=1S/C26H23FO6/c1-15-8-19(32-14-16-6-5-7-18(27)9-16)12-23-25(15)26(28)24(33-23)11-17-10-21(30-3)22(31-4)13-20(17)29-2/h5-13H,14H2,1-4H3/b24-11-. The third-order valence-corrected chi connectivity index (χ3v) is 5.26. The van der Waals surface area contributed by atoms with Crippen LogP contribution in [0.5, 0.6) is 28.7 Å². The highest BCUT2D eigenvalue weighted by atomic mass is 19.1. The van der Waals surface area contributed by atoms with Gasteiger partial charge in [0.15, 0.2) is 17.3 Å². The van der Waals surface area contributed by atoms with E-state index in [4.69, 9.17) is 23.7 Å². The van der Waals surface area contributed by atoms with Gasteiger partial charge in [-0.2, -0.15) is 0 Å². The van der Waals surface area contributed by atoms with Crippen LogP contribution in [-0.2, 0) is 6.61 Å². The van der Waals surface area contributed by atoms with Crippen LogP contribution in [0.1, 0.15) is 27.0 Å². The summed E-state index contributed by atoms with van der Waals surface area (Å²) in [5.41, 5.74) is 2.49. The molecule has 0 aromatic heterocycles. The van der Waals surface area contributed by atoms with Gasteiger partial charge in [-0.15, -0.1) is 0 Å². The van der Waals surface area contributed by atoms with E-state index in [0.29, 0.717) is 45.4 Å². The number of hydrogen-bond donors (Lipinski definition) is 0. The summed E-state index contributed by atoms with van der Waals surface area (Å²) < 4.78 is 41.2. The molecular weight excluding hydrogens is 427 g/mol. The highest BCUT2D eigenvalue weighted by molar-refractivity contribution is 6.15.